The van der Waals surface area contributed by atoms with E-state index in [0.29, 0.717) is 6.54 Å². The molecular formula is C14H23N3O. The maximum Gasteiger partial charge on any atom is 0.236 e. The number of nitrogens with two attached hydrogens (primary N) is 1. The summed E-state index contributed by atoms with van der Waals surface area (Å²) >= 11 is 0. The third kappa shape index (κ3) is 4.75. The molecule has 1 rings (SSSR count). The average Bonchev–Trinajstić information content (AvgIpc) is 2.34. The summed E-state index contributed by atoms with van der Waals surface area (Å²) in [7, 11) is 4.05. The summed E-state index contributed by atoms with van der Waals surface area (Å²) in [6.07, 6.45) is 1.90. The molecule has 4 nitrogen and oxygen atoms in total. The first-order valence-corrected chi connectivity index (χ1v) is 6.30. The van der Waals surface area contributed by atoms with Crippen LogP contribution in [0.3, 0.4) is 0 Å². The second kappa shape index (κ2) is 7.01. The Bertz CT molecular complexity index is 371. The van der Waals surface area contributed by atoms with E-state index in [9.17, 15) is 4.79 Å². The lowest BCUT2D eigenvalue weighted by molar-refractivity contribution is -0.121. The van der Waals surface area contributed by atoms with Crippen LogP contribution in [0.15, 0.2) is 24.3 Å². The van der Waals surface area contributed by atoms with Crippen molar-refractivity contribution in [1.29, 1.82) is 0 Å². The van der Waals surface area contributed by atoms with Crippen LogP contribution < -0.4 is 16.0 Å². The number of amides is 1. The lowest BCUT2D eigenvalue weighted by Crippen LogP contribution is -2.38. The predicted octanol–water partition coefficient (Wildman–Crippen LogP) is 1.15. The zero-order chi connectivity index (χ0) is 13.5. The molecule has 0 spiro atoms. The predicted molar refractivity (Wildman–Crippen MR) is 75.7 cm³/mol. The molecule has 0 radical (unpaired) electrons. The normalized spacial score (nSPS) is 12.0. The number of aryl methyl sites for hydroxylation is 1. The fraction of sp³-hybridized carbons (Fsp3) is 0.500. The van der Waals surface area contributed by atoms with Crippen molar-refractivity contribution in [3.8, 4) is 0 Å². The van der Waals surface area contributed by atoms with Gasteiger partial charge in [0.2, 0.25) is 5.91 Å². The zero-order valence-corrected chi connectivity index (χ0v) is 11.4. The van der Waals surface area contributed by atoms with Crippen molar-refractivity contribution in [2.24, 2.45) is 5.73 Å². The van der Waals surface area contributed by atoms with Gasteiger partial charge in [-0.05, 0) is 37.5 Å². The Labute approximate surface area is 109 Å². The van der Waals surface area contributed by atoms with Gasteiger partial charge in [-0.2, -0.15) is 0 Å². The topological polar surface area (TPSA) is 58.4 Å². The molecule has 0 heterocycles. The molecule has 1 aromatic rings. The molecule has 100 valence electrons. The van der Waals surface area contributed by atoms with Crippen LogP contribution in [0, 0.1) is 0 Å². The Morgan fingerprint density at radius 2 is 1.94 bits per heavy atom. The lowest BCUT2D eigenvalue weighted by Gasteiger charge is -2.12. The van der Waals surface area contributed by atoms with Crippen LogP contribution in [0.25, 0.3) is 0 Å². The molecule has 1 aromatic carbocycles. The highest BCUT2D eigenvalue weighted by Crippen LogP contribution is 2.13. The van der Waals surface area contributed by atoms with Crippen molar-refractivity contribution < 1.29 is 4.79 Å². The van der Waals surface area contributed by atoms with E-state index >= 15 is 0 Å². The first kappa shape index (κ1) is 14.5. The number of benzene rings is 1. The van der Waals surface area contributed by atoms with Gasteiger partial charge in [-0.3, -0.25) is 4.79 Å². The first-order chi connectivity index (χ1) is 8.50. The number of carbonyl (C=O) groups excluding carboxylic acids is 1. The number of carbonyl (C=O) groups is 1. The molecule has 0 aromatic heterocycles. The van der Waals surface area contributed by atoms with E-state index in [1.807, 2.05) is 14.1 Å². The van der Waals surface area contributed by atoms with Gasteiger partial charge >= 0.3 is 0 Å². The molecule has 0 saturated heterocycles. The minimum atomic E-state index is -0.427. The summed E-state index contributed by atoms with van der Waals surface area (Å²) in [4.78, 5) is 13.3. The van der Waals surface area contributed by atoms with Gasteiger partial charge in [0.15, 0.2) is 0 Å². The van der Waals surface area contributed by atoms with Crippen LogP contribution in [0.2, 0.25) is 0 Å². The van der Waals surface area contributed by atoms with Crippen LogP contribution in [-0.4, -0.2) is 32.6 Å². The van der Waals surface area contributed by atoms with Crippen LogP contribution in [0.4, 0.5) is 5.69 Å². The zero-order valence-electron chi connectivity index (χ0n) is 11.4. The number of anilines is 1. The highest BCUT2D eigenvalue weighted by Gasteiger charge is 2.05. The number of rotatable bonds is 6. The molecule has 1 unspecified atom stereocenters. The van der Waals surface area contributed by atoms with Gasteiger partial charge in [0.25, 0.3) is 0 Å². The monoisotopic (exact) mass is 249 g/mol. The van der Waals surface area contributed by atoms with Crippen LogP contribution >= 0.6 is 0 Å². The fourth-order valence-electron chi connectivity index (χ4n) is 1.63. The van der Waals surface area contributed by atoms with E-state index < -0.39 is 6.04 Å². The summed E-state index contributed by atoms with van der Waals surface area (Å²) in [5.74, 6) is -0.0852. The van der Waals surface area contributed by atoms with Crippen LogP contribution in [0.1, 0.15) is 18.9 Å². The van der Waals surface area contributed by atoms with Gasteiger partial charge < -0.3 is 16.0 Å². The highest BCUT2D eigenvalue weighted by molar-refractivity contribution is 5.80. The number of nitrogens with one attached hydrogen (secondary N) is 1. The average molecular weight is 249 g/mol. The maximum atomic E-state index is 11.2. The quantitative estimate of drug-likeness (QED) is 0.744. The molecule has 0 bridgehead atoms. The molecule has 4 heteroatoms. The van der Waals surface area contributed by atoms with Crippen molar-refractivity contribution in [1.82, 2.24) is 5.32 Å². The molecule has 0 aliphatic heterocycles. The molecule has 1 amide bonds. The largest absolute Gasteiger partial charge is 0.378 e. The summed E-state index contributed by atoms with van der Waals surface area (Å²) in [6, 6.07) is 8.04. The van der Waals surface area contributed by atoms with E-state index in [-0.39, 0.29) is 5.91 Å². The van der Waals surface area contributed by atoms with Crippen molar-refractivity contribution in [3.05, 3.63) is 29.8 Å². The SMILES string of the molecule is CC(N)C(=O)NCCCc1ccc(N(C)C)cc1. The molecule has 0 saturated carbocycles. The second-order valence-electron chi connectivity index (χ2n) is 4.74. The van der Waals surface area contributed by atoms with Crippen molar-refractivity contribution in [2.75, 3.05) is 25.5 Å². The summed E-state index contributed by atoms with van der Waals surface area (Å²) in [5.41, 5.74) is 7.94. The Balaban J connectivity index is 2.29. The van der Waals surface area contributed by atoms with Crippen LogP contribution in [-0.2, 0) is 11.2 Å². The smallest absolute Gasteiger partial charge is 0.236 e. The Kier molecular flexibility index (Phi) is 5.65. The lowest BCUT2D eigenvalue weighted by atomic mass is 10.1. The number of hydrogen-bond acceptors (Lipinski definition) is 3. The fourth-order valence-corrected chi connectivity index (χ4v) is 1.63. The highest BCUT2D eigenvalue weighted by atomic mass is 16.2. The molecule has 0 aliphatic carbocycles. The Morgan fingerprint density at radius 1 is 1.33 bits per heavy atom. The maximum absolute atomic E-state index is 11.2. The van der Waals surface area contributed by atoms with Gasteiger partial charge in [0, 0.05) is 26.3 Å². The minimum Gasteiger partial charge on any atom is -0.378 e. The van der Waals surface area contributed by atoms with Crippen molar-refractivity contribution in [3.63, 3.8) is 0 Å². The molecule has 1 atom stereocenters. The molecule has 18 heavy (non-hydrogen) atoms. The first-order valence-electron chi connectivity index (χ1n) is 6.30. The minimum absolute atomic E-state index is 0.0852. The number of nitrogens with zero attached hydrogens (tertiary/aromatic N) is 1. The number of hydrogen-bond donors (Lipinski definition) is 2. The molecule has 3 N–H and O–H groups in total. The third-order valence-electron chi connectivity index (χ3n) is 2.81. The second-order valence-corrected chi connectivity index (χ2v) is 4.74. The van der Waals surface area contributed by atoms with E-state index in [2.05, 4.69) is 34.5 Å². The van der Waals surface area contributed by atoms with Gasteiger partial charge in [-0.15, -0.1) is 0 Å². The summed E-state index contributed by atoms with van der Waals surface area (Å²) in [6.45, 7) is 2.37. The van der Waals surface area contributed by atoms with E-state index in [1.165, 1.54) is 11.3 Å². The van der Waals surface area contributed by atoms with E-state index in [1.54, 1.807) is 6.92 Å². The van der Waals surface area contributed by atoms with Crippen molar-refractivity contribution in [2.45, 2.75) is 25.8 Å². The van der Waals surface area contributed by atoms with E-state index in [0.717, 1.165) is 12.8 Å². The van der Waals surface area contributed by atoms with Crippen molar-refractivity contribution >= 4 is 11.6 Å². The standard InChI is InChI=1S/C14H23N3O/c1-11(15)14(18)16-10-4-5-12-6-8-13(9-7-12)17(2)3/h6-9,11H,4-5,10,15H2,1-3H3,(H,16,18). The van der Waals surface area contributed by atoms with Gasteiger partial charge in [-0.1, -0.05) is 12.1 Å². The third-order valence-corrected chi connectivity index (χ3v) is 2.81. The van der Waals surface area contributed by atoms with Crippen LogP contribution in [0.5, 0.6) is 0 Å². The Hall–Kier alpha value is -1.55. The van der Waals surface area contributed by atoms with Gasteiger partial charge in [-0.25, -0.2) is 0 Å². The molecule has 0 fully saturated rings. The van der Waals surface area contributed by atoms with Gasteiger partial charge in [0.05, 0.1) is 6.04 Å². The van der Waals surface area contributed by atoms with Gasteiger partial charge in [0.1, 0.15) is 0 Å². The molecular weight excluding hydrogens is 226 g/mol. The Morgan fingerprint density at radius 3 is 2.44 bits per heavy atom. The summed E-state index contributed by atoms with van der Waals surface area (Å²) in [5, 5.41) is 2.81. The summed E-state index contributed by atoms with van der Waals surface area (Å²) < 4.78 is 0. The van der Waals surface area contributed by atoms with E-state index in [4.69, 9.17) is 5.73 Å². The molecule has 0 aliphatic rings.